The van der Waals surface area contributed by atoms with Gasteiger partial charge in [0.25, 0.3) is 0 Å². The van der Waals surface area contributed by atoms with Gasteiger partial charge in [-0.15, -0.1) is 0 Å². The zero-order chi connectivity index (χ0) is 13.4. The molecule has 0 saturated heterocycles. The van der Waals surface area contributed by atoms with E-state index in [1.54, 1.807) is 0 Å². The molecule has 96 valence electrons. The Labute approximate surface area is 111 Å². The zero-order valence-electron chi connectivity index (χ0n) is 12.3. The summed E-state index contributed by atoms with van der Waals surface area (Å²) in [5, 5.41) is 0. The molecule has 0 aromatic carbocycles. The van der Waals surface area contributed by atoms with Crippen molar-refractivity contribution in [1.82, 2.24) is 0 Å². The molecule has 2 atom stereocenters. The second kappa shape index (κ2) is 4.76. The van der Waals surface area contributed by atoms with Crippen LogP contribution in [-0.2, 0) is 0 Å². The molecule has 0 fully saturated rings. The third-order valence-electron chi connectivity index (χ3n) is 4.16. The fourth-order valence-electron chi connectivity index (χ4n) is 2.77. The molecule has 2 aliphatic rings. The van der Waals surface area contributed by atoms with E-state index in [0.29, 0.717) is 11.8 Å². The van der Waals surface area contributed by atoms with E-state index < -0.39 is 0 Å². The minimum Gasteiger partial charge on any atom is -0.0983 e. The first-order valence-electron chi connectivity index (χ1n) is 6.81. The number of rotatable bonds is 3. The van der Waals surface area contributed by atoms with Crippen molar-refractivity contribution in [2.24, 2.45) is 11.8 Å². The molecule has 0 aromatic rings. The minimum absolute atomic E-state index is 0.502. The van der Waals surface area contributed by atoms with Crippen LogP contribution in [0.5, 0.6) is 0 Å². The molecule has 0 heterocycles. The van der Waals surface area contributed by atoms with Crippen LogP contribution < -0.4 is 0 Å². The van der Waals surface area contributed by atoms with Crippen LogP contribution in [0.25, 0.3) is 0 Å². The molecule has 0 saturated carbocycles. The quantitative estimate of drug-likeness (QED) is 0.582. The Morgan fingerprint density at radius 1 is 1.28 bits per heavy atom. The molecule has 2 aliphatic carbocycles. The molecule has 18 heavy (non-hydrogen) atoms. The van der Waals surface area contributed by atoms with Crippen LogP contribution in [-0.4, -0.2) is 0 Å². The van der Waals surface area contributed by atoms with Crippen molar-refractivity contribution in [1.29, 1.82) is 0 Å². The molecule has 1 unspecified atom stereocenters. The molecule has 0 radical (unpaired) electrons. The van der Waals surface area contributed by atoms with Crippen LogP contribution in [0.1, 0.15) is 41.0 Å². The maximum Gasteiger partial charge on any atom is 0.0191 e. The van der Waals surface area contributed by atoms with E-state index >= 15 is 0 Å². The Morgan fingerprint density at radius 3 is 2.39 bits per heavy atom. The molecule has 0 nitrogen and oxygen atoms in total. The highest BCUT2D eigenvalue weighted by Crippen LogP contribution is 2.44. The van der Waals surface area contributed by atoms with Crippen LogP contribution in [0.3, 0.4) is 0 Å². The summed E-state index contributed by atoms with van der Waals surface area (Å²) < 4.78 is 0. The SMILES string of the molecule is C=C(C1CC=C(C)C(C)=C1C=C(C)C)[C@@H]1C=C1C. The average molecular weight is 240 g/mol. The van der Waals surface area contributed by atoms with Crippen molar-refractivity contribution in [3.05, 3.63) is 58.2 Å². The van der Waals surface area contributed by atoms with E-state index in [0.717, 1.165) is 6.42 Å². The topological polar surface area (TPSA) is 0 Å². The van der Waals surface area contributed by atoms with Gasteiger partial charge in [-0.3, -0.25) is 0 Å². The molecule has 0 N–H and O–H groups in total. The number of hydrogen-bond acceptors (Lipinski definition) is 0. The monoisotopic (exact) mass is 240 g/mol. The Hall–Kier alpha value is -1.30. The van der Waals surface area contributed by atoms with Gasteiger partial charge in [0.2, 0.25) is 0 Å². The molecule has 0 amide bonds. The standard InChI is InChI=1S/C18H24/c1-11(2)9-18-14(5)12(3)7-8-16(18)15(6)17-10-13(17)4/h7,9-10,16-17H,6,8H2,1-5H3/t16?,17-/m1/s1. The van der Waals surface area contributed by atoms with E-state index in [4.69, 9.17) is 0 Å². The molecule has 0 bridgehead atoms. The third-order valence-corrected chi connectivity index (χ3v) is 4.16. The van der Waals surface area contributed by atoms with Crippen molar-refractivity contribution in [3.8, 4) is 0 Å². The Morgan fingerprint density at radius 2 is 1.89 bits per heavy atom. The van der Waals surface area contributed by atoms with Gasteiger partial charge in [0.1, 0.15) is 0 Å². The molecule has 0 heteroatoms. The van der Waals surface area contributed by atoms with Gasteiger partial charge in [0.15, 0.2) is 0 Å². The summed E-state index contributed by atoms with van der Waals surface area (Å²) >= 11 is 0. The molecule has 0 aromatic heterocycles. The van der Waals surface area contributed by atoms with Gasteiger partial charge < -0.3 is 0 Å². The van der Waals surface area contributed by atoms with Gasteiger partial charge in [-0.1, -0.05) is 47.1 Å². The summed E-state index contributed by atoms with van der Waals surface area (Å²) in [7, 11) is 0. The predicted octanol–water partition coefficient (Wildman–Crippen LogP) is 5.37. The Bertz CT molecular complexity index is 502. The predicted molar refractivity (Wildman–Crippen MR) is 80.4 cm³/mol. The summed E-state index contributed by atoms with van der Waals surface area (Å²) in [5.74, 6) is 1.07. The zero-order valence-corrected chi connectivity index (χ0v) is 12.3. The van der Waals surface area contributed by atoms with Gasteiger partial charge in [0, 0.05) is 11.8 Å². The fraction of sp³-hybridized carbons (Fsp3) is 0.444. The number of hydrogen-bond donors (Lipinski definition) is 0. The lowest BCUT2D eigenvalue weighted by Crippen LogP contribution is -2.13. The highest BCUT2D eigenvalue weighted by atomic mass is 14.3. The highest BCUT2D eigenvalue weighted by Gasteiger charge is 2.31. The number of allylic oxidation sites excluding steroid dienone is 9. The molecular formula is C18H24. The summed E-state index contributed by atoms with van der Waals surface area (Å²) in [6.07, 6.45) is 8.15. The lowest BCUT2D eigenvalue weighted by Gasteiger charge is -2.27. The van der Waals surface area contributed by atoms with E-state index in [1.165, 1.54) is 33.4 Å². The van der Waals surface area contributed by atoms with Crippen LogP contribution in [0, 0.1) is 11.8 Å². The fourth-order valence-corrected chi connectivity index (χ4v) is 2.77. The highest BCUT2D eigenvalue weighted by molar-refractivity contribution is 5.50. The van der Waals surface area contributed by atoms with Gasteiger partial charge in [-0.2, -0.15) is 0 Å². The van der Waals surface area contributed by atoms with Gasteiger partial charge in [-0.25, -0.2) is 0 Å². The van der Waals surface area contributed by atoms with Crippen molar-refractivity contribution in [2.75, 3.05) is 0 Å². The first kappa shape index (κ1) is 13.1. The average Bonchev–Trinajstić information content (AvgIpc) is 3.01. The van der Waals surface area contributed by atoms with Crippen LogP contribution in [0.15, 0.2) is 58.2 Å². The van der Waals surface area contributed by atoms with Crippen molar-refractivity contribution in [3.63, 3.8) is 0 Å². The van der Waals surface area contributed by atoms with E-state index in [-0.39, 0.29) is 0 Å². The third kappa shape index (κ3) is 2.43. The van der Waals surface area contributed by atoms with Crippen LogP contribution in [0.2, 0.25) is 0 Å². The molecule has 0 aliphatic heterocycles. The van der Waals surface area contributed by atoms with Crippen LogP contribution >= 0.6 is 0 Å². The molecule has 0 spiro atoms. The largest absolute Gasteiger partial charge is 0.0983 e. The van der Waals surface area contributed by atoms with Crippen molar-refractivity contribution >= 4 is 0 Å². The second-order valence-electron chi connectivity index (χ2n) is 5.94. The summed E-state index contributed by atoms with van der Waals surface area (Å²) in [6.45, 7) is 15.4. The van der Waals surface area contributed by atoms with E-state index in [9.17, 15) is 0 Å². The summed E-state index contributed by atoms with van der Waals surface area (Å²) in [4.78, 5) is 0. The maximum absolute atomic E-state index is 4.36. The normalized spacial score (nSPS) is 26.5. The summed E-state index contributed by atoms with van der Waals surface area (Å²) in [5.41, 5.74) is 8.58. The summed E-state index contributed by atoms with van der Waals surface area (Å²) in [6, 6.07) is 0. The van der Waals surface area contributed by atoms with Gasteiger partial charge >= 0.3 is 0 Å². The van der Waals surface area contributed by atoms with Gasteiger partial charge in [0.05, 0.1) is 0 Å². The van der Waals surface area contributed by atoms with Crippen molar-refractivity contribution < 1.29 is 0 Å². The Balaban J connectivity index is 2.31. The maximum atomic E-state index is 4.36. The smallest absolute Gasteiger partial charge is 0.0191 e. The van der Waals surface area contributed by atoms with Gasteiger partial charge in [-0.05, 0) is 52.2 Å². The van der Waals surface area contributed by atoms with E-state index in [2.05, 4.69) is 59.4 Å². The minimum atomic E-state index is 0.502. The molecular weight excluding hydrogens is 216 g/mol. The lowest BCUT2D eigenvalue weighted by atomic mass is 9.77. The lowest BCUT2D eigenvalue weighted by molar-refractivity contribution is 0.681. The first-order valence-corrected chi connectivity index (χ1v) is 6.81. The van der Waals surface area contributed by atoms with Crippen molar-refractivity contribution in [2.45, 2.75) is 41.0 Å². The second-order valence-corrected chi connectivity index (χ2v) is 5.94. The van der Waals surface area contributed by atoms with E-state index in [1.807, 2.05) is 0 Å². The molecule has 2 rings (SSSR count). The Kier molecular flexibility index (Phi) is 3.47. The van der Waals surface area contributed by atoms with Crippen LogP contribution in [0.4, 0.5) is 0 Å². The first-order chi connectivity index (χ1) is 8.41.